The number of hydrogen-bond donors (Lipinski definition) is 15. The Bertz CT molecular complexity index is 1500. The van der Waals surface area contributed by atoms with Crippen LogP contribution in [0, 0.1) is 5.41 Å². The van der Waals surface area contributed by atoms with Crippen molar-refractivity contribution in [2.24, 2.45) is 5.41 Å². The number of rotatable bonds is 48. The summed E-state index contributed by atoms with van der Waals surface area (Å²) in [4.78, 5) is 37.5. The molecule has 3 saturated heterocycles. The van der Waals surface area contributed by atoms with Crippen LogP contribution in [0.25, 0.3) is 0 Å². The van der Waals surface area contributed by atoms with Gasteiger partial charge in [-0.3, -0.25) is 14.4 Å². The van der Waals surface area contributed by atoms with E-state index in [9.17, 15) is 75.7 Å². The zero-order chi connectivity index (χ0) is 60.8. The summed E-state index contributed by atoms with van der Waals surface area (Å²) in [5, 5.41) is 125. The molecule has 7 unspecified atom stereocenters. The average Bonchev–Trinajstić information content (AvgIpc) is 3.66. The van der Waals surface area contributed by atoms with E-state index in [1.165, 1.54) is 0 Å². The molecule has 3 aliphatic heterocycles. The van der Waals surface area contributed by atoms with Crippen LogP contribution in [0.5, 0.6) is 0 Å². The van der Waals surface area contributed by atoms with Crippen LogP contribution >= 0.6 is 0 Å². The first-order chi connectivity index (χ1) is 40.0. The van der Waals surface area contributed by atoms with Gasteiger partial charge in [-0.1, -0.05) is 6.92 Å². The molecule has 0 aromatic rings. The fraction of sp³-hybridized carbons (Fsp3) is 0.940. The zero-order valence-electron chi connectivity index (χ0n) is 47.1. The van der Waals surface area contributed by atoms with Crippen molar-refractivity contribution in [2.45, 2.75) is 118 Å². The number of aliphatic hydroxyl groups is 12. The molecule has 0 spiro atoms. The van der Waals surface area contributed by atoms with Crippen molar-refractivity contribution in [3.05, 3.63) is 0 Å². The van der Waals surface area contributed by atoms with Gasteiger partial charge in [-0.15, -0.1) is 0 Å². The third kappa shape index (κ3) is 29.7. The number of carbonyl (C=O) groups excluding carboxylic acids is 3. The Kier molecular flexibility index (Phi) is 39.4. The van der Waals surface area contributed by atoms with Gasteiger partial charge in [0.15, 0.2) is 18.9 Å². The van der Waals surface area contributed by atoms with Crippen molar-refractivity contribution in [1.29, 1.82) is 0 Å². The van der Waals surface area contributed by atoms with E-state index in [-0.39, 0.29) is 195 Å². The number of hydrogen-bond acceptors (Lipinski definition) is 30. The summed E-state index contributed by atoms with van der Waals surface area (Å²) < 4.78 is 82.2. The first-order valence-corrected chi connectivity index (χ1v) is 27.7. The van der Waals surface area contributed by atoms with Crippen LogP contribution in [0.4, 0.5) is 0 Å². The molecule has 3 heterocycles. The maximum absolute atomic E-state index is 12.5. The van der Waals surface area contributed by atoms with Crippen LogP contribution < -0.4 is 16.0 Å². The number of carbonyl (C=O) groups is 3. The van der Waals surface area contributed by atoms with Gasteiger partial charge in [0.1, 0.15) is 73.2 Å². The highest BCUT2D eigenvalue weighted by molar-refractivity contribution is 5.76. The highest BCUT2D eigenvalue weighted by atomic mass is 16.7. The highest BCUT2D eigenvalue weighted by Gasteiger charge is 2.46. The Morgan fingerprint density at radius 2 is 0.578 bits per heavy atom. The van der Waals surface area contributed by atoms with E-state index in [0.717, 1.165) is 0 Å². The van der Waals surface area contributed by atoms with E-state index in [0.29, 0.717) is 0 Å². The molecule has 83 heavy (non-hydrogen) atoms. The van der Waals surface area contributed by atoms with Crippen molar-refractivity contribution in [1.82, 2.24) is 16.0 Å². The number of amides is 3. The summed E-state index contributed by atoms with van der Waals surface area (Å²) in [6, 6.07) is 0. The third-order valence-corrected chi connectivity index (χ3v) is 12.7. The lowest BCUT2D eigenvalue weighted by atomic mass is 9.94. The second-order valence-corrected chi connectivity index (χ2v) is 19.6. The van der Waals surface area contributed by atoms with Gasteiger partial charge in [-0.25, -0.2) is 0 Å². The molecule has 3 aliphatic rings. The Morgan fingerprint density at radius 1 is 0.337 bits per heavy atom. The summed E-state index contributed by atoms with van der Waals surface area (Å²) in [5.74, 6) is -0.847. The molecular formula is C50H93N3O30. The van der Waals surface area contributed by atoms with Crippen molar-refractivity contribution in [2.75, 3.05) is 178 Å². The van der Waals surface area contributed by atoms with E-state index >= 15 is 0 Å². The Labute approximate surface area is 481 Å². The normalized spacial score (nSPS) is 29.1. The van der Waals surface area contributed by atoms with Crippen LogP contribution in [0.3, 0.4) is 0 Å². The molecule has 33 heteroatoms. The molecule has 0 saturated carbocycles. The van der Waals surface area contributed by atoms with Crippen molar-refractivity contribution in [3.8, 4) is 0 Å². The fourth-order valence-corrected chi connectivity index (χ4v) is 7.88. The van der Waals surface area contributed by atoms with Crippen LogP contribution in [-0.4, -0.2) is 349 Å². The molecule has 0 aliphatic carbocycles. The predicted octanol–water partition coefficient (Wildman–Crippen LogP) is -8.89. The molecule has 3 rings (SSSR count). The minimum Gasteiger partial charge on any atom is -0.394 e. The van der Waals surface area contributed by atoms with Gasteiger partial charge in [-0.05, 0) is 0 Å². The Morgan fingerprint density at radius 3 is 0.831 bits per heavy atom. The first-order valence-electron chi connectivity index (χ1n) is 27.7. The summed E-state index contributed by atoms with van der Waals surface area (Å²) in [5.41, 5.74) is -0.755. The number of ether oxygens (including phenoxy) is 15. The lowest BCUT2D eigenvalue weighted by molar-refractivity contribution is -0.302. The van der Waals surface area contributed by atoms with Crippen LogP contribution in [0.2, 0.25) is 0 Å². The van der Waals surface area contributed by atoms with Gasteiger partial charge in [0.2, 0.25) is 17.7 Å². The molecule has 0 aromatic heterocycles. The van der Waals surface area contributed by atoms with E-state index < -0.39 is 117 Å². The van der Waals surface area contributed by atoms with Gasteiger partial charge in [-0.2, -0.15) is 0 Å². The lowest BCUT2D eigenvalue weighted by Gasteiger charge is -2.39. The van der Waals surface area contributed by atoms with Gasteiger partial charge in [0.05, 0.1) is 159 Å². The second-order valence-electron chi connectivity index (χ2n) is 19.6. The van der Waals surface area contributed by atoms with Gasteiger partial charge in [0, 0.05) is 44.3 Å². The third-order valence-electron chi connectivity index (χ3n) is 12.7. The maximum Gasteiger partial charge on any atom is 0.222 e. The predicted molar refractivity (Wildman–Crippen MR) is 278 cm³/mol. The summed E-state index contributed by atoms with van der Waals surface area (Å²) in [6.45, 7) is 3.37. The number of aliphatic hydroxyl groups excluding tert-OH is 12. The fourth-order valence-electron chi connectivity index (χ4n) is 7.88. The molecule has 488 valence electrons. The van der Waals surface area contributed by atoms with Gasteiger partial charge < -0.3 is 148 Å². The van der Waals surface area contributed by atoms with Crippen molar-refractivity contribution >= 4 is 17.7 Å². The van der Waals surface area contributed by atoms with Crippen molar-refractivity contribution < 1.29 is 147 Å². The summed E-state index contributed by atoms with van der Waals surface area (Å²) in [7, 11) is 0. The molecule has 15 atom stereocenters. The molecular weight excluding hydrogens is 1120 g/mol. The SMILES string of the molecule is CC(COCCC(=O)NCCOCCOCCOC1OC(CO)C(O)[C@H](O)[C@H]1O)(COCCC(=O)NCCOCCOCCO[C@H]1OC(CO)[C@@H](O)[C@H](O)C1O)COCCC(=O)NCCOCCOCCO[C@H]1OC(CO)[C@@H](O)[C@H](O)C1O. The highest BCUT2D eigenvalue weighted by Crippen LogP contribution is 2.25. The quantitative estimate of drug-likeness (QED) is 0.0252. The summed E-state index contributed by atoms with van der Waals surface area (Å²) in [6.07, 6.45) is -20.5. The Balaban J connectivity index is 1.26. The van der Waals surface area contributed by atoms with E-state index in [2.05, 4.69) is 16.0 Å². The molecule has 3 fully saturated rings. The maximum atomic E-state index is 12.5. The molecule has 0 radical (unpaired) electrons. The molecule has 3 amide bonds. The smallest absolute Gasteiger partial charge is 0.222 e. The Hall–Kier alpha value is -2.67. The van der Waals surface area contributed by atoms with Gasteiger partial charge >= 0.3 is 0 Å². The standard InChI is InChI=1S/C50H93N3O30/c1-50(29-75-8-2-35(57)51-5-11-69-14-17-72-20-23-78-47-44(66)41(63)38(60)32(26-54)81-47,30-76-9-3-36(58)52-6-12-70-15-18-73-21-24-79-48-45(67)42(64)39(61)33(27-55)82-48)31-77-10-4-37(59)53-7-13-71-16-19-74-22-25-80-49-46(68)43(65)40(62)34(28-56)83-49/h32-34,38-49,54-56,60-68H,2-31H2,1H3,(H,51,57)(H,52,58)(H,53,59)/t32?,33?,34?,38-,39-,40?,41+,42+,43+,44?,45?,46-,47+,48+,49?,50?/m1/s1. The average molecular weight is 1220 g/mol. The van der Waals surface area contributed by atoms with E-state index in [4.69, 9.17) is 71.1 Å². The summed E-state index contributed by atoms with van der Waals surface area (Å²) >= 11 is 0. The zero-order valence-corrected chi connectivity index (χ0v) is 47.1. The number of nitrogens with one attached hydrogen (secondary N) is 3. The lowest BCUT2D eigenvalue weighted by Crippen LogP contribution is -2.59. The topological polar surface area (TPSA) is 469 Å². The second kappa shape index (κ2) is 43.9. The first kappa shape index (κ1) is 74.6. The van der Waals surface area contributed by atoms with Crippen LogP contribution in [0.15, 0.2) is 0 Å². The van der Waals surface area contributed by atoms with E-state index in [1.807, 2.05) is 6.92 Å². The monoisotopic (exact) mass is 1220 g/mol. The minimum absolute atomic E-state index is 0.0108. The van der Waals surface area contributed by atoms with Crippen LogP contribution in [-0.2, 0) is 85.4 Å². The van der Waals surface area contributed by atoms with Gasteiger partial charge in [0.25, 0.3) is 0 Å². The largest absolute Gasteiger partial charge is 0.394 e. The molecule has 15 N–H and O–H groups in total. The van der Waals surface area contributed by atoms with Crippen LogP contribution in [0.1, 0.15) is 26.2 Å². The molecule has 0 aromatic carbocycles. The molecule has 0 bridgehead atoms. The van der Waals surface area contributed by atoms with E-state index in [1.54, 1.807) is 0 Å². The minimum atomic E-state index is -1.55. The molecule has 33 nitrogen and oxygen atoms in total. The van der Waals surface area contributed by atoms with Crippen molar-refractivity contribution in [3.63, 3.8) is 0 Å².